The first-order valence-corrected chi connectivity index (χ1v) is 7.43. The maximum atomic E-state index is 13.2. The summed E-state index contributed by atoms with van der Waals surface area (Å²) in [6.45, 7) is 3.84. The highest BCUT2D eigenvalue weighted by Crippen LogP contribution is 2.18. The average molecular weight is 274 g/mol. The Bertz CT molecular complexity index is 499. The molecule has 0 heterocycles. The van der Waals surface area contributed by atoms with Gasteiger partial charge in [0.1, 0.15) is 5.82 Å². The van der Waals surface area contributed by atoms with E-state index in [0.29, 0.717) is 18.4 Å². The Morgan fingerprint density at radius 2 is 1.94 bits per heavy atom. The van der Waals surface area contributed by atoms with Crippen molar-refractivity contribution in [1.82, 2.24) is 4.72 Å². The molecule has 1 rings (SSSR count). The van der Waals surface area contributed by atoms with Crippen molar-refractivity contribution in [3.63, 3.8) is 0 Å². The predicted octanol–water partition coefficient (Wildman–Crippen LogP) is 1.75. The van der Waals surface area contributed by atoms with Crippen LogP contribution < -0.4 is 10.5 Å². The van der Waals surface area contributed by atoms with Crippen LogP contribution in [0.15, 0.2) is 23.1 Å². The zero-order valence-electron chi connectivity index (χ0n) is 10.6. The molecule has 18 heavy (non-hydrogen) atoms. The van der Waals surface area contributed by atoms with E-state index >= 15 is 0 Å². The SMILES string of the molecule is CCC(CC)NS(=O)(=O)c1cc(F)ccc1CN. The minimum absolute atomic E-state index is 0.0550. The van der Waals surface area contributed by atoms with Crippen LogP contribution >= 0.6 is 0 Å². The van der Waals surface area contributed by atoms with E-state index in [0.717, 1.165) is 6.07 Å². The van der Waals surface area contributed by atoms with Crippen molar-refractivity contribution >= 4 is 10.0 Å². The highest BCUT2D eigenvalue weighted by Gasteiger charge is 2.21. The Hall–Kier alpha value is -0.980. The van der Waals surface area contributed by atoms with Gasteiger partial charge in [0.25, 0.3) is 0 Å². The van der Waals surface area contributed by atoms with Crippen LogP contribution in [0, 0.1) is 5.82 Å². The lowest BCUT2D eigenvalue weighted by Gasteiger charge is -2.16. The van der Waals surface area contributed by atoms with Gasteiger partial charge >= 0.3 is 0 Å². The molecule has 0 bridgehead atoms. The van der Waals surface area contributed by atoms with E-state index in [1.54, 1.807) is 0 Å². The largest absolute Gasteiger partial charge is 0.326 e. The Labute approximate surface area is 107 Å². The molecule has 102 valence electrons. The van der Waals surface area contributed by atoms with E-state index < -0.39 is 15.8 Å². The monoisotopic (exact) mass is 274 g/mol. The summed E-state index contributed by atoms with van der Waals surface area (Å²) in [5.41, 5.74) is 5.89. The molecule has 3 N–H and O–H groups in total. The van der Waals surface area contributed by atoms with Crippen molar-refractivity contribution in [3.05, 3.63) is 29.6 Å². The van der Waals surface area contributed by atoms with Gasteiger partial charge in [-0.05, 0) is 30.5 Å². The van der Waals surface area contributed by atoms with Crippen molar-refractivity contribution in [3.8, 4) is 0 Å². The van der Waals surface area contributed by atoms with Gasteiger partial charge in [0.15, 0.2) is 0 Å². The van der Waals surface area contributed by atoms with E-state index in [9.17, 15) is 12.8 Å². The lowest BCUT2D eigenvalue weighted by Crippen LogP contribution is -2.34. The molecular weight excluding hydrogens is 255 g/mol. The Morgan fingerprint density at radius 3 is 2.44 bits per heavy atom. The summed E-state index contributed by atoms with van der Waals surface area (Å²) in [4.78, 5) is -0.0723. The second-order valence-electron chi connectivity index (χ2n) is 4.09. The molecule has 0 spiro atoms. The minimum Gasteiger partial charge on any atom is -0.326 e. The highest BCUT2D eigenvalue weighted by atomic mass is 32.2. The summed E-state index contributed by atoms with van der Waals surface area (Å²) in [5, 5.41) is 0. The van der Waals surface area contributed by atoms with Crippen LogP contribution in [0.3, 0.4) is 0 Å². The van der Waals surface area contributed by atoms with Gasteiger partial charge in [-0.15, -0.1) is 0 Å². The lowest BCUT2D eigenvalue weighted by atomic mass is 10.2. The molecule has 0 atom stereocenters. The second kappa shape index (κ2) is 6.26. The van der Waals surface area contributed by atoms with Crippen LogP contribution in [0.5, 0.6) is 0 Å². The van der Waals surface area contributed by atoms with E-state index in [4.69, 9.17) is 5.73 Å². The van der Waals surface area contributed by atoms with Crippen LogP contribution in [0.1, 0.15) is 32.3 Å². The number of rotatable bonds is 6. The zero-order valence-corrected chi connectivity index (χ0v) is 11.4. The fourth-order valence-electron chi connectivity index (χ4n) is 1.69. The van der Waals surface area contributed by atoms with E-state index in [2.05, 4.69) is 4.72 Å². The van der Waals surface area contributed by atoms with Crippen LogP contribution in [0.2, 0.25) is 0 Å². The van der Waals surface area contributed by atoms with Crippen LogP contribution in [0.4, 0.5) is 4.39 Å². The smallest absolute Gasteiger partial charge is 0.241 e. The van der Waals surface area contributed by atoms with Gasteiger partial charge in [-0.1, -0.05) is 19.9 Å². The standard InChI is InChI=1S/C12H19FN2O2S/c1-3-11(4-2)15-18(16,17)12-7-10(13)6-5-9(12)8-14/h5-7,11,15H,3-4,8,14H2,1-2H3. The first kappa shape index (κ1) is 15.1. The number of halogens is 1. The molecule has 6 heteroatoms. The fourth-order valence-corrected chi connectivity index (χ4v) is 3.35. The molecule has 0 fully saturated rings. The number of nitrogens with one attached hydrogen (secondary N) is 1. The van der Waals surface area contributed by atoms with E-state index in [-0.39, 0.29) is 17.5 Å². The van der Waals surface area contributed by atoms with Gasteiger partial charge in [-0.3, -0.25) is 0 Å². The molecule has 1 aromatic rings. The number of hydrogen-bond acceptors (Lipinski definition) is 3. The van der Waals surface area contributed by atoms with Gasteiger partial charge in [0.2, 0.25) is 10.0 Å². The van der Waals surface area contributed by atoms with E-state index in [1.165, 1.54) is 12.1 Å². The average Bonchev–Trinajstić information content (AvgIpc) is 2.36. The van der Waals surface area contributed by atoms with Crippen molar-refractivity contribution < 1.29 is 12.8 Å². The molecule has 0 unspecified atom stereocenters. The molecule has 1 aromatic carbocycles. The highest BCUT2D eigenvalue weighted by molar-refractivity contribution is 7.89. The second-order valence-corrected chi connectivity index (χ2v) is 5.77. The number of nitrogens with two attached hydrogens (primary N) is 1. The third-order valence-corrected chi connectivity index (χ3v) is 4.45. The van der Waals surface area contributed by atoms with Gasteiger partial charge in [-0.25, -0.2) is 17.5 Å². The Balaban J connectivity index is 3.15. The molecule has 0 aliphatic carbocycles. The lowest BCUT2D eigenvalue weighted by molar-refractivity contribution is 0.528. The first-order chi connectivity index (χ1) is 8.44. The summed E-state index contributed by atoms with van der Waals surface area (Å²) in [6, 6.07) is 3.46. The summed E-state index contributed by atoms with van der Waals surface area (Å²) in [5.74, 6) is -0.586. The predicted molar refractivity (Wildman–Crippen MR) is 69.0 cm³/mol. The van der Waals surface area contributed by atoms with Crippen molar-refractivity contribution in [1.29, 1.82) is 0 Å². The van der Waals surface area contributed by atoms with Gasteiger partial charge in [-0.2, -0.15) is 0 Å². The Morgan fingerprint density at radius 1 is 1.33 bits per heavy atom. The topological polar surface area (TPSA) is 72.2 Å². The third kappa shape index (κ3) is 3.51. The zero-order chi connectivity index (χ0) is 13.8. The molecule has 0 amide bonds. The summed E-state index contributed by atoms with van der Waals surface area (Å²) in [6.07, 6.45) is 1.37. The number of sulfonamides is 1. The summed E-state index contributed by atoms with van der Waals surface area (Å²) in [7, 11) is -3.72. The number of hydrogen-bond donors (Lipinski definition) is 2. The molecule has 0 radical (unpaired) electrons. The van der Waals surface area contributed by atoms with Crippen molar-refractivity contribution in [2.45, 2.75) is 44.2 Å². The van der Waals surface area contributed by atoms with Gasteiger partial charge in [0.05, 0.1) is 4.90 Å². The molecule has 0 saturated carbocycles. The molecule has 4 nitrogen and oxygen atoms in total. The normalized spacial score (nSPS) is 12.1. The van der Waals surface area contributed by atoms with Crippen molar-refractivity contribution in [2.24, 2.45) is 5.73 Å². The van der Waals surface area contributed by atoms with Gasteiger partial charge in [0, 0.05) is 12.6 Å². The van der Waals surface area contributed by atoms with Crippen molar-refractivity contribution in [2.75, 3.05) is 0 Å². The maximum absolute atomic E-state index is 13.2. The summed E-state index contributed by atoms with van der Waals surface area (Å²) >= 11 is 0. The first-order valence-electron chi connectivity index (χ1n) is 5.95. The maximum Gasteiger partial charge on any atom is 0.241 e. The Kier molecular flexibility index (Phi) is 5.25. The summed E-state index contributed by atoms with van der Waals surface area (Å²) < 4.78 is 40.1. The number of benzene rings is 1. The van der Waals surface area contributed by atoms with Crippen LogP contribution in [0.25, 0.3) is 0 Å². The quantitative estimate of drug-likeness (QED) is 0.830. The van der Waals surface area contributed by atoms with Gasteiger partial charge < -0.3 is 5.73 Å². The molecule has 0 aliphatic rings. The third-order valence-electron chi connectivity index (χ3n) is 2.85. The molecular formula is C12H19FN2O2S. The van der Waals surface area contributed by atoms with Crippen LogP contribution in [-0.4, -0.2) is 14.5 Å². The minimum atomic E-state index is -3.72. The molecule has 0 aromatic heterocycles. The molecule has 0 saturated heterocycles. The van der Waals surface area contributed by atoms with E-state index in [1.807, 2.05) is 13.8 Å². The molecule has 0 aliphatic heterocycles. The fraction of sp³-hybridized carbons (Fsp3) is 0.500. The van der Waals surface area contributed by atoms with Crippen LogP contribution in [-0.2, 0) is 16.6 Å².